The minimum atomic E-state index is -0.142. The van der Waals surface area contributed by atoms with Gasteiger partial charge in [-0.25, -0.2) is 0 Å². The molecule has 92 valence electrons. The molecule has 0 atom stereocenters. The predicted octanol–water partition coefficient (Wildman–Crippen LogP) is 2.11. The minimum absolute atomic E-state index is 0.142. The first kappa shape index (κ1) is 12.1. The first-order chi connectivity index (χ1) is 8.65. The maximum absolute atomic E-state index is 12.3. The Morgan fingerprint density at radius 2 is 1.83 bits per heavy atom. The van der Waals surface area contributed by atoms with E-state index in [0.29, 0.717) is 11.4 Å². The van der Waals surface area contributed by atoms with Crippen molar-refractivity contribution in [2.24, 2.45) is 7.05 Å². The SMILES string of the molecule is CN(C(=O)c1ccc(C=O)n1C)c1ccccc1. The van der Waals surface area contributed by atoms with Crippen LogP contribution in [0.15, 0.2) is 42.5 Å². The Labute approximate surface area is 105 Å². The summed E-state index contributed by atoms with van der Waals surface area (Å²) < 4.78 is 1.59. The molecule has 0 saturated heterocycles. The van der Waals surface area contributed by atoms with Crippen molar-refractivity contribution < 1.29 is 9.59 Å². The van der Waals surface area contributed by atoms with Crippen LogP contribution in [-0.2, 0) is 7.05 Å². The highest BCUT2D eigenvalue weighted by atomic mass is 16.2. The second-order valence-corrected chi connectivity index (χ2v) is 4.02. The van der Waals surface area contributed by atoms with Crippen LogP contribution in [0.3, 0.4) is 0 Å². The Kier molecular flexibility index (Phi) is 3.28. The number of para-hydroxylation sites is 1. The van der Waals surface area contributed by atoms with Crippen molar-refractivity contribution in [3.8, 4) is 0 Å². The van der Waals surface area contributed by atoms with Crippen LogP contribution in [0.25, 0.3) is 0 Å². The van der Waals surface area contributed by atoms with Crippen LogP contribution in [0, 0.1) is 0 Å². The predicted molar refractivity (Wildman–Crippen MR) is 70.0 cm³/mol. The first-order valence-corrected chi connectivity index (χ1v) is 5.59. The highest BCUT2D eigenvalue weighted by molar-refractivity contribution is 6.05. The molecule has 0 saturated carbocycles. The molecule has 1 aromatic heterocycles. The van der Waals surface area contributed by atoms with E-state index in [9.17, 15) is 9.59 Å². The summed E-state index contributed by atoms with van der Waals surface area (Å²) in [6.45, 7) is 0. The number of aromatic nitrogens is 1. The number of hydrogen-bond acceptors (Lipinski definition) is 2. The molecule has 1 heterocycles. The number of rotatable bonds is 3. The van der Waals surface area contributed by atoms with Crippen molar-refractivity contribution in [3.05, 3.63) is 53.9 Å². The molecule has 4 nitrogen and oxygen atoms in total. The molecular formula is C14H14N2O2. The third-order valence-electron chi connectivity index (χ3n) is 2.95. The highest BCUT2D eigenvalue weighted by Gasteiger charge is 2.17. The van der Waals surface area contributed by atoms with Crippen molar-refractivity contribution in [3.63, 3.8) is 0 Å². The lowest BCUT2D eigenvalue weighted by molar-refractivity contribution is 0.0985. The van der Waals surface area contributed by atoms with Gasteiger partial charge in [-0.05, 0) is 24.3 Å². The molecule has 0 N–H and O–H groups in total. The molecule has 0 unspecified atom stereocenters. The normalized spacial score (nSPS) is 10.1. The van der Waals surface area contributed by atoms with E-state index in [-0.39, 0.29) is 5.91 Å². The molecule has 0 fully saturated rings. The Morgan fingerprint density at radius 3 is 2.39 bits per heavy atom. The van der Waals surface area contributed by atoms with Gasteiger partial charge in [0.15, 0.2) is 6.29 Å². The van der Waals surface area contributed by atoms with Crippen LogP contribution in [0.1, 0.15) is 21.0 Å². The summed E-state index contributed by atoms with van der Waals surface area (Å²) in [6.07, 6.45) is 0.735. The van der Waals surface area contributed by atoms with Crippen LogP contribution in [0.4, 0.5) is 5.69 Å². The maximum atomic E-state index is 12.3. The highest BCUT2D eigenvalue weighted by Crippen LogP contribution is 2.15. The maximum Gasteiger partial charge on any atom is 0.274 e. The second kappa shape index (κ2) is 4.87. The molecule has 2 aromatic rings. The molecule has 1 amide bonds. The van der Waals surface area contributed by atoms with E-state index in [1.165, 1.54) is 0 Å². The average Bonchev–Trinajstić information content (AvgIpc) is 2.79. The molecule has 4 heteroatoms. The third kappa shape index (κ3) is 2.05. The number of nitrogens with zero attached hydrogens (tertiary/aromatic N) is 2. The molecule has 0 aliphatic rings. The van der Waals surface area contributed by atoms with E-state index < -0.39 is 0 Å². The minimum Gasteiger partial charge on any atom is -0.337 e. The third-order valence-corrected chi connectivity index (χ3v) is 2.95. The van der Waals surface area contributed by atoms with Gasteiger partial charge in [0.05, 0.1) is 5.69 Å². The van der Waals surface area contributed by atoms with Crippen LogP contribution >= 0.6 is 0 Å². The molecule has 18 heavy (non-hydrogen) atoms. The number of amides is 1. The summed E-state index contributed by atoms with van der Waals surface area (Å²) in [5, 5.41) is 0. The average molecular weight is 242 g/mol. The monoisotopic (exact) mass is 242 g/mol. The summed E-state index contributed by atoms with van der Waals surface area (Å²) in [7, 11) is 3.42. The lowest BCUT2D eigenvalue weighted by atomic mass is 10.3. The van der Waals surface area contributed by atoms with Gasteiger partial charge in [0.2, 0.25) is 0 Å². The zero-order valence-corrected chi connectivity index (χ0v) is 10.3. The zero-order chi connectivity index (χ0) is 13.1. The summed E-state index contributed by atoms with van der Waals surface area (Å²) in [5.74, 6) is -0.142. The van der Waals surface area contributed by atoms with Crippen molar-refractivity contribution in [2.45, 2.75) is 0 Å². The van der Waals surface area contributed by atoms with Gasteiger partial charge in [-0.3, -0.25) is 9.59 Å². The number of carbonyl (C=O) groups is 2. The molecule has 0 aliphatic heterocycles. The van der Waals surface area contributed by atoms with Gasteiger partial charge in [-0.15, -0.1) is 0 Å². The van der Waals surface area contributed by atoms with Gasteiger partial charge >= 0.3 is 0 Å². The zero-order valence-electron chi connectivity index (χ0n) is 10.3. The largest absolute Gasteiger partial charge is 0.337 e. The topological polar surface area (TPSA) is 42.3 Å². The van der Waals surface area contributed by atoms with Gasteiger partial charge in [0, 0.05) is 19.8 Å². The molecule has 0 bridgehead atoms. The number of aldehydes is 1. The second-order valence-electron chi connectivity index (χ2n) is 4.02. The lowest BCUT2D eigenvalue weighted by Gasteiger charge is -2.17. The van der Waals surface area contributed by atoms with Crippen LogP contribution < -0.4 is 4.90 Å². The molecule has 2 rings (SSSR count). The van der Waals surface area contributed by atoms with Gasteiger partial charge in [-0.1, -0.05) is 18.2 Å². The first-order valence-electron chi connectivity index (χ1n) is 5.59. The Bertz CT molecular complexity index is 573. The van der Waals surface area contributed by atoms with Crippen LogP contribution in [0.5, 0.6) is 0 Å². The van der Waals surface area contributed by atoms with E-state index >= 15 is 0 Å². The van der Waals surface area contributed by atoms with Crippen molar-refractivity contribution >= 4 is 17.9 Å². The molecule has 0 spiro atoms. The Morgan fingerprint density at radius 1 is 1.17 bits per heavy atom. The lowest BCUT2D eigenvalue weighted by Crippen LogP contribution is -2.28. The van der Waals surface area contributed by atoms with Gasteiger partial charge in [-0.2, -0.15) is 0 Å². The van der Waals surface area contributed by atoms with Crippen molar-refractivity contribution in [1.29, 1.82) is 0 Å². The van der Waals surface area contributed by atoms with Gasteiger partial charge in [0.1, 0.15) is 5.69 Å². The smallest absolute Gasteiger partial charge is 0.274 e. The summed E-state index contributed by atoms with van der Waals surface area (Å²) in [4.78, 5) is 24.6. The van der Waals surface area contributed by atoms with E-state index in [2.05, 4.69) is 0 Å². The summed E-state index contributed by atoms with van der Waals surface area (Å²) in [6, 6.07) is 12.7. The number of anilines is 1. The van der Waals surface area contributed by atoms with E-state index in [1.807, 2.05) is 30.3 Å². The fourth-order valence-electron chi connectivity index (χ4n) is 1.80. The Hall–Kier alpha value is -2.36. The quantitative estimate of drug-likeness (QED) is 0.774. The van der Waals surface area contributed by atoms with Crippen LogP contribution in [-0.4, -0.2) is 23.8 Å². The van der Waals surface area contributed by atoms with E-state index in [0.717, 1.165) is 12.0 Å². The van der Waals surface area contributed by atoms with Crippen LogP contribution in [0.2, 0.25) is 0 Å². The molecule has 1 aromatic carbocycles. The fourth-order valence-corrected chi connectivity index (χ4v) is 1.80. The molecule has 0 aliphatic carbocycles. The number of hydrogen-bond donors (Lipinski definition) is 0. The number of carbonyl (C=O) groups excluding carboxylic acids is 2. The molecular weight excluding hydrogens is 228 g/mol. The van der Waals surface area contributed by atoms with Gasteiger partial charge in [0.25, 0.3) is 5.91 Å². The van der Waals surface area contributed by atoms with E-state index in [1.54, 1.807) is 35.7 Å². The van der Waals surface area contributed by atoms with Crippen molar-refractivity contribution in [1.82, 2.24) is 4.57 Å². The number of benzene rings is 1. The summed E-state index contributed by atoms with van der Waals surface area (Å²) >= 11 is 0. The Balaban J connectivity index is 2.31. The summed E-state index contributed by atoms with van der Waals surface area (Å²) in [5.41, 5.74) is 1.79. The van der Waals surface area contributed by atoms with E-state index in [4.69, 9.17) is 0 Å². The van der Waals surface area contributed by atoms with Gasteiger partial charge < -0.3 is 9.47 Å². The molecule has 0 radical (unpaired) electrons. The standard InChI is InChI=1S/C14H14N2O2/c1-15-12(10-17)8-9-13(15)14(18)16(2)11-6-4-3-5-7-11/h3-10H,1-2H3. The fraction of sp³-hybridized carbons (Fsp3) is 0.143. The van der Waals surface area contributed by atoms with Crippen molar-refractivity contribution in [2.75, 3.05) is 11.9 Å².